The molecule has 1 unspecified atom stereocenters. The molecule has 1 atom stereocenters. The standard InChI is InChI=1S/C15H20N2O4/c1-11-4-3-8-16(9-7-11)10-12-5-2-6-13(17(20)21)14(12)15(18)19/h2,5-6,11H,3-4,7-10H2,1H3,(H,18,19). The van der Waals surface area contributed by atoms with Crippen LogP contribution in [0.3, 0.4) is 0 Å². The van der Waals surface area contributed by atoms with Crippen LogP contribution in [0, 0.1) is 16.0 Å². The van der Waals surface area contributed by atoms with E-state index in [1.165, 1.54) is 12.5 Å². The molecular weight excluding hydrogens is 272 g/mol. The molecule has 1 aromatic rings. The molecule has 0 spiro atoms. The zero-order valence-corrected chi connectivity index (χ0v) is 12.1. The summed E-state index contributed by atoms with van der Waals surface area (Å²) in [6.45, 7) is 4.49. The van der Waals surface area contributed by atoms with E-state index < -0.39 is 10.9 Å². The summed E-state index contributed by atoms with van der Waals surface area (Å²) >= 11 is 0. The Kier molecular flexibility index (Phi) is 4.90. The average Bonchev–Trinajstić information content (AvgIpc) is 2.63. The van der Waals surface area contributed by atoms with Crippen LogP contribution in [0.15, 0.2) is 18.2 Å². The third-order valence-corrected chi connectivity index (χ3v) is 4.04. The van der Waals surface area contributed by atoms with E-state index in [0.29, 0.717) is 18.0 Å². The zero-order chi connectivity index (χ0) is 15.4. The maximum absolute atomic E-state index is 11.4. The van der Waals surface area contributed by atoms with Gasteiger partial charge in [-0.15, -0.1) is 0 Å². The summed E-state index contributed by atoms with van der Waals surface area (Å²) < 4.78 is 0. The fraction of sp³-hybridized carbons (Fsp3) is 0.533. The van der Waals surface area contributed by atoms with Gasteiger partial charge >= 0.3 is 5.97 Å². The molecule has 1 saturated heterocycles. The molecule has 21 heavy (non-hydrogen) atoms. The van der Waals surface area contributed by atoms with Crippen molar-refractivity contribution in [2.45, 2.75) is 32.7 Å². The molecule has 1 fully saturated rings. The van der Waals surface area contributed by atoms with E-state index in [1.807, 2.05) is 0 Å². The SMILES string of the molecule is CC1CCCN(Cc2cccc([N+](=O)[O-])c2C(=O)O)CC1. The molecule has 1 aliphatic rings. The molecule has 0 saturated carbocycles. The summed E-state index contributed by atoms with van der Waals surface area (Å²) in [5.74, 6) is -0.556. The second kappa shape index (κ2) is 6.67. The molecule has 0 aliphatic carbocycles. The Bertz CT molecular complexity index is 544. The Morgan fingerprint density at radius 3 is 2.86 bits per heavy atom. The van der Waals surface area contributed by atoms with E-state index in [2.05, 4.69) is 11.8 Å². The number of carboxylic acid groups (broad SMARTS) is 1. The van der Waals surface area contributed by atoms with Gasteiger partial charge in [0, 0.05) is 12.6 Å². The first-order chi connectivity index (χ1) is 9.99. The van der Waals surface area contributed by atoms with Gasteiger partial charge in [0.25, 0.3) is 5.69 Å². The van der Waals surface area contributed by atoms with Gasteiger partial charge < -0.3 is 5.11 Å². The molecule has 6 nitrogen and oxygen atoms in total. The zero-order valence-electron chi connectivity index (χ0n) is 12.1. The van der Waals surface area contributed by atoms with Gasteiger partial charge in [0.2, 0.25) is 0 Å². The van der Waals surface area contributed by atoms with E-state index in [9.17, 15) is 20.0 Å². The molecule has 1 heterocycles. The molecule has 0 amide bonds. The van der Waals surface area contributed by atoms with E-state index in [0.717, 1.165) is 25.9 Å². The molecule has 114 valence electrons. The van der Waals surface area contributed by atoms with Crippen LogP contribution in [-0.4, -0.2) is 34.0 Å². The van der Waals surface area contributed by atoms with E-state index in [4.69, 9.17) is 0 Å². The van der Waals surface area contributed by atoms with Crippen LogP contribution in [0.4, 0.5) is 5.69 Å². The van der Waals surface area contributed by atoms with Gasteiger partial charge in [-0.25, -0.2) is 4.79 Å². The van der Waals surface area contributed by atoms with Gasteiger partial charge in [0.05, 0.1) is 4.92 Å². The lowest BCUT2D eigenvalue weighted by Crippen LogP contribution is -2.25. The quantitative estimate of drug-likeness (QED) is 0.681. The van der Waals surface area contributed by atoms with Crippen LogP contribution in [-0.2, 0) is 6.54 Å². The van der Waals surface area contributed by atoms with Gasteiger partial charge in [0.15, 0.2) is 0 Å². The third-order valence-electron chi connectivity index (χ3n) is 4.04. The van der Waals surface area contributed by atoms with Crippen molar-refractivity contribution in [1.29, 1.82) is 0 Å². The molecule has 1 N–H and O–H groups in total. The summed E-state index contributed by atoms with van der Waals surface area (Å²) in [5, 5.41) is 20.3. The molecule has 0 aromatic heterocycles. The van der Waals surface area contributed by atoms with Crippen molar-refractivity contribution in [3.8, 4) is 0 Å². The molecule has 0 radical (unpaired) electrons. The monoisotopic (exact) mass is 292 g/mol. The predicted molar refractivity (Wildman–Crippen MR) is 78.3 cm³/mol. The van der Waals surface area contributed by atoms with Crippen molar-refractivity contribution in [3.05, 3.63) is 39.4 Å². The maximum Gasteiger partial charge on any atom is 0.343 e. The van der Waals surface area contributed by atoms with Crippen molar-refractivity contribution in [3.63, 3.8) is 0 Å². The predicted octanol–water partition coefficient (Wildman–Crippen LogP) is 2.92. The minimum Gasteiger partial charge on any atom is -0.477 e. The fourth-order valence-electron chi connectivity index (χ4n) is 2.84. The highest BCUT2D eigenvalue weighted by Gasteiger charge is 2.25. The number of hydrogen-bond acceptors (Lipinski definition) is 4. The molecule has 1 aromatic carbocycles. The number of benzene rings is 1. The highest BCUT2D eigenvalue weighted by molar-refractivity contribution is 5.94. The second-order valence-corrected chi connectivity index (χ2v) is 5.69. The maximum atomic E-state index is 11.4. The smallest absolute Gasteiger partial charge is 0.343 e. The Morgan fingerprint density at radius 2 is 2.19 bits per heavy atom. The number of nitrogens with zero attached hydrogens (tertiary/aromatic N) is 2. The third kappa shape index (κ3) is 3.78. The van der Waals surface area contributed by atoms with E-state index >= 15 is 0 Å². The van der Waals surface area contributed by atoms with Gasteiger partial charge in [-0.1, -0.05) is 19.1 Å². The van der Waals surface area contributed by atoms with Crippen LogP contribution in [0.1, 0.15) is 42.1 Å². The van der Waals surface area contributed by atoms with Crippen LogP contribution in [0.2, 0.25) is 0 Å². The van der Waals surface area contributed by atoms with Crippen LogP contribution >= 0.6 is 0 Å². The molecular formula is C15H20N2O4. The summed E-state index contributed by atoms with van der Waals surface area (Å²) in [4.78, 5) is 23.9. The van der Waals surface area contributed by atoms with E-state index in [-0.39, 0.29) is 11.3 Å². The number of nitro groups is 1. The highest BCUT2D eigenvalue weighted by Crippen LogP contribution is 2.25. The topological polar surface area (TPSA) is 83.7 Å². The first-order valence-corrected chi connectivity index (χ1v) is 7.21. The number of carboxylic acids is 1. The Balaban J connectivity index is 2.25. The lowest BCUT2D eigenvalue weighted by Gasteiger charge is -2.20. The number of nitro benzene ring substituents is 1. The number of rotatable bonds is 4. The lowest BCUT2D eigenvalue weighted by molar-refractivity contribution is -0.385. The van der Waals surface area contributed by atoms with Crippen molar-refractivity contribution in [2.24, 2.45) is 5.92 Å². The van der Waals surface area contributed by atoms with Gasteiger partial charge in [-0.3, -0.25) is 15.0 Å². The summed E-state index contributed by atoms with van der Waals surface area (Å²) in [5.41, 5.74) is 0.00855. The van der Waals surface area contributed by atoms with Crippen molar-refractivity contribution < 1.29 is 14.8 Å². The molecule has 0 bridgehead atoms. The number of hydrogen-bond donors (Lipinski definition) is 1. The molecule has 1 aliphatic heterocycles. The lowest BCUT2D eigenvalue weighted by atomic mass is 10.0. The van der Waals surface area contributed by atoms with Gasteiger partial charge in [-0.2, -0.15) is 0 Å². The van der Waals surface area contributed by atoms with Crippen LogP contribution < -0.4 is 0 Å². The minimum absolute atomic E-state index is 0.181. The largest absolute Gasteiger partial charge is 0.477 e. The number of likely N-dealkylation sites (tertiary alicyclic amines) is 1. The van der Waals surface area contributed by atoms with Crippen LogP contribution in [0.25, 0.3) is 0 Å². The van der Waals surface area contributed by atoms with Gasteiger partial charge in [0.1, 0.15) is 5.56 Å². The number of carbonyl (C=O) groups is 1. The van der Waals surface area contributed by atoms with Crippen molar-refractivity contribution in [2.75, 3.05) is 13.1 Å². The van der Waals surface area contributed by atoms with Crippen molar-refractivity contribution in [1.82, 2.24) is 4.90 Å². The molecule has 6 heteroatoms. The average molecular weight is 292 g/mol. The summed E-state index contributed by atoms with van der Waals surface area (Å²) in [7, 11) is 0. The fourth-order valence-corrected chi connectivity index (χ4v) is 2.84. The highest BCUT2D eigenvalue weighted by atomic mass is 16.6. The van der Waals surface area contributed by atoms with Crippen LogP contribution in [0.5, 0.6) is 0 Å². The minimum atomic E-state index is -1.24. The Hall–Kier alpha value is -1.95. The van der Waals surface area contributed by atoms with Gasteiger partial charge in [-0.05, 0) is 43.8 Å². The number of aromatic carboxylic acids is 1. The van der Waals surface area contributed by atoms with Crippen molar-refractivity contribution >= 4 is 11.7 Å². The van der Waals surface area contributed by atoms with E-state index in [1.54, 1.807) is 12.1 Å². The summed E-state index contributed by atoms with van der Waals surface area (Å²) in [6.07, 6.45) is 3.34. The molecule has 2 rings (SSSR count). The second-order valence-electron chi connectivity index (χ2n) is 5.69. The summed E-state index contributed by atoms with van der Waals surface area (Å²) in [6, 6.07) is 4.47. The Labute approximate surface area is 123 Å². The Morgan fingerprint density at radius 1 is 1.43 bits per heavy atom. The normalized spacial score (nSPS) is 20.0. The first kappa shape index (κ1) is 15.4. The first-order valence-electron chi connectivity index (χ1n) is 7.21.